The smallest absolute Gasteiger partial charge is 0.337 e. The average Bonchev–Trinajstić information content (AvgIpc) is 2.80. The van der Waals surface area contributed by atoms with Gasteiger partial charge in [0.25, 0.3) is 5.91 Å². The van der Waals surface area contributed by atoms with E-state index in [1.165, 1.54) is 6.07 Å². The van der Waals surface area contributed by atoms with Gasteiger partial charge in [-0.25, -0.2) is 13.6 Å². The van der Waals surface area contributed by atoms with E-state index in [4.69, 9.17) is 5.11 Å². The second-order valence-electron chi connectivity index (χ2n) is 3.89. The number of carbonyl (C=O) groups excluding carboxylic acids is 1. The van der Waals surface area contributed by atoms with Crippen LogP contribution in [0.3, 0.4) is 0 Å². The van der Waals surface area contributed by atoms with E-state index >= 15 is 0 Å². The molecule has 0 radical (unpaired) electrons. The number of hydrogen-bond acceptors (Lipinski definition) is 4. The highest BCUT2D eigenvalue weighted by molar-refractivity contribution is 6.06. The van der Waals surface area contributed by atoms with Crippen LogP contribution in [0, 0.1) is 18.6 Å². The molecular weight excluding hydrogens is 274 g/mol. The predicted molar refractivity (Wildman–Crippen MR) is 62.5 cm³/mol. The van der Waals surface area contributed by atoms with E-state index in [-0.39, 0.29) is 11.4 Å². The third-order valence-electron chi connectivity index (χ3n) is 2.40. The summed E-state index contributed by atoms with van der Waals surface area (Å²) in [6.07, 6.45) is 0. The fraction of sp³-hybridized carbons (Fsp3) is 0.0833. The largest absolute Gasteiger partial charge is 0.478 e. The topological polar surface area (TPSA) is 92.4 Å². The Hall–Kier alpha value is -2.77. The fourth-order valence-electron chi connectivity index (χ4n) is 1.49. The zero-order valence-electron chi connectivity index (χ0n) is 10.1. The Bertz CT molecular complexity index is 697. The Morgan fingerprint density at radius 2 is 1.90 bits per heavy atom. The number of aromatic carboxylic acids is 1. The molecule has 8 heteroatoms. The van der Waals surface area contributed by atoms with Crippen LogP contribution in [0.15, 0.2) is 22.7 Å². The van der Waals surface area contributed by atoms with Gasteiger partial charge in [0, 0.05) is 12.1 Å². The summed E-state index contributed by atoms with van der Waals surface area (Å²) in [6.45, 7) is 1.56. The summed E-state index contributed by atoms with van der Waals surface area (Å²) in [6, 6.07) is 2.39. The molecule has 0 spiro atoms. The molecule has 0 aliphatic rings. The summed E-state index contributed by atoms with van der Waals surface area (Å²) in [5.74, 6) is -4.52. The molecule has 1 aromatic heterocycles. The third kappa shape index (κ3) is 2.63. The van der Waals surface area contributed by atoms with Crippen molar-refractivity contribution in [1.82, 2.24) is 5.16 Å². The van der Waals surface area contributed by atoms with Crippen molar-refractivity contribution in [3.63, 3.8) is 0 Å². The van der Waals surface area contributed by atoms with Gasteiger partial charge in [-0.05, 0) is 13.0 Å². The number of nitrogens with one attached hydrogen (secondary N) is 1. The minimum absolute atomic E-state index is 0.108. The molecule has 1 aromatic carbocycles. The number of carboxylic acid groups (broad SMARTS) is 1. The lowest BCUT2D eigenvalue weighted by molar-refractivity contribution is 0.0697. The van der Waals surface area contributed by atoms with Crippen LogP contribution in [-0.4, -0.2) is 22.1 Å². The maximum absolute atomic E-state index is 13.1. The maximum atomic E-state index is 13.1. The quantitative estimate of drug-likeness (QED) is 0.900. The fourth-order valence-corrected chi connectivity index (χ4v) is 1.49. The molecule has 1 heterocycles. The number of carbonyl (C=O) groups is 2. The van der Waals surface area contributed by atoms with Crippen molar-refractivity contribution in [3.8, 4) is 0 Å². The predicted octanol–water partition coefficient (Wildman–Crippen LogP) is 2.21. The molecule has 0 aliphatic carbocycles. The van der Waals surface area contributed by atoms with Gasteiger partial charge < -0.3 is 14.9 Å². The van der Waals surface area contributed by atoms with E-state index < -0.39 is 29.1 Å². The molecular formula is C12H8F2N2O4. The Labute approximate surface area is 111 Å². The summed E-state index contributed by atoms with van der Waals surface area (Å²) >= 11 is 0. The van der Waals surface area contributed by atoms with Crippen molar-refractivity contribution in [1.29, 1.82) is 0 Å². The van der Waals surface area contributed by atoms with Gasteiger partial charge >= 0.3 is 5.97 Å². The Morgan fingerprint density at radius 1 is 1.25 bits per heavy atom. The number of hydrogen-bond donors (Lipinski definition) is 2. The first-order valence-electron chi connectivity index (χ1n) is 5.35. The number of aromatic nitrogens is 1. The van der Waals surface area contributed by atoms with Crippen molar-refractivity contribution in [3.05, 3.63) is 46.9 Å². The van der Waals surface area contributed by atoms with E-state index in [2.05, 4.69) is 15.0 Å². The summed E-state index contributed by atoms with van der Waals surface area (Å²) in [4.78, 5) is 22.7. The van der Waals surface area contributed by atoms with Crippen LogP contribution in [-0.2, 0) is 0 Å². The molecule has 2 aromatic rings. The number of carboxylic acids is 1. The van der Waals surface area contributed by atoms with Crippen LogP contribution < -0.4 is 5.32 Å². The highest BCUT2D eigenvalue weighted by Gasteiger charge is 2.19. The highest BCUT2D eigenvalue weighted by Crippen LogP contribution is 2.21. The van der Waals surface area contributed by atoms with Gasteiger partial charge in [-0.2, -0.15) is 0 Å². The standard InChI is InChI=1S/C12H8F2N2O4/c1-5-2-10(16-20-5)11(17)15-9-4-8(14)7(13)3-6(9)12(18)19/h2-4H,1H3,(H,15,17)(H,18,19). The van der Waals surface area contributed by atoms with Crippen molar-refractivity contribution in [2.45, 2.75) is 6.92 Å². The number of anilines is 1. The van der Waals surface area contributed by atoms with Crippen LogP contribution in [0.2, 0.25) is 0 Å². The van der Waals surface area contributed by atoms with E-state index in [1.807, 2.05) is 0 Å². The van der Waals surface area contributed by atoms with Crippen LogP contribution in [0.5, 0.6) is 0 Å². The van der Waals surface area contributed by atoms with Gasteiger partial charge in [0.15, 0.2) is 17.3 Å². The molecule has 0 unspecified atom stereocenters. The van der Waals surface area contributed by atoms with Crippen molar-refractivity contribution < 1.29 is 28.0 Å². The summed E-state index contributed by atoms with van der Waals surface area (Å²) in [5, 5.41) is 14.5. The first-order valence-corrected chi connectivity index (χ1v) is 5.35. The summed E-state index contributed by atoms with van der Waals surface area (Å²) in [5.41, 5.74) is -1.05. The summed E-state index contributed by atoms with van der Waals surface area (Å²) < 4.78 is 30.8. The summed E-state index contributed by atoms with van der Waals surface area (Å²) in [7, 11) is 0. The van der Waals surface area contributed by atoms with Gasteiger partial charge in [0.1, 0.15) is 5.76 Å². The average molecular weight is 282 g/mol. The van der Waals surface area contributed by atoms with E-state index in [9.17, 15) is 18.4 Å². The maximum Gasteiger partial charge on any atom is 0.337 e. The minimum Gasteiger partial charge on any atom is -0.478 e. The van der Waals surface area contributed by atoms with Gasteiger partial charge in [-0.1, -0.05) is 5.16 Å². The Balaban J connectivity index is 2.35. The lowest BCUT2D eigenvalue weighted by atomic mass is 10.1. The molecule has 6 nitrogen and oxygen atoms in total. The van der Waals surface area contributed by atoms with E-state index in [0.717, 1.165) is 0 Å². The number of rotatable bonds is 3. The number of nitrogens with zero attached hydrogens (tertiary/aromatic N) is 1. The minimum atomic E-state index is -1.50. The molecule has 2 N–H and O–H groups in total. The van der Waals surface area contributed by atoms with Crippen LogP contribution in [0.25, 0.3) is 0 Å². The normalized spacial score (nSPS) is 10.3. The monoisotopic (exact) mass is 282 g/mol. The molecule has 104 valence electrons. The Morgan fingerprint density at radius 3 is 2.45 bits per heavy atom. The van der Waals surface area contributed by atoms with Gasteiger partial charge in [-0.3, -0.25) is 4.79 Å². The zero-order chi connectivity index (χ0) is 14.9. The van der Waals surface area contributed by atoms with Gasteiger partial charge in [-0.15, -0.1) is 0 Å². The van der Waals surface area contributed by atoms with Gasteiger partial charge in [0.2, 0.25) is 0 Å². The molecule has 20 heavy (non-hydrogen) atoms. The van der Waals surface area contributed by atoms with Crippen LogP contribution >= 0.6 is 0 Å². The highest BCUT2D eigenvalue weighted by atomic mass is 19.2. The second-order valence-corrected chi connectivity index (χ2v) is 3.89. The van der Waals surface area contributed by atoms with Crippen molar-refractivity contribution >= 4 is 17.6 Å². The van der Waals surface area contributed by atoms with E-state index in [1.54, 1.807) is 6.92 Å². The van der Waals surface area contributed by atoms with Crippen molar-refractivity contribution in [2.75, 3.05) is 5.32 Å². The molecule has 2 rings (SSSR count). The second kappa shape index (κ2) is 5.08. The SMILES string of the molecule is Cc1cc(C(=O)Nc2cc(F)c(F)cc2C(=O)O)no1. The lowest BCUT2D eigenvalue weighted by Gasteiger charge is -2.07. The van der Waals surface area contributed by atoms with Crippen LogP contribution in [0.1, 0.15) is 26.6 Å². The molecule has 0 saturated heterocycles. The number of amides is 1. The van der Waals surface area contributed by atoms with Gasteiger partial charge in [0.05, 0.1) is 11.3 Å². The number of halogens is 2. The first-order chi connectivity index (χ1) is 9.38. The molecule has 0 fully saturated rings. The molecule has 1 amide bonds. The van der Waals surface area contributed by atoms with Crippen LogP contribution in [0.4, 0.5) is 14.5 Å². The molecule has 0 bridgehead atoms. The first kappa shape index (κ1) is 13.7. The Kier molecular flexibility index (Phi) is 3.47. The van der Waals surface area contributed by atoms with Crippen molar-refractivity contribution in [2.24, 2.45) is 0 Å². The zero-order valence-corrected chi connectivity index (χ0v) is 10.1. The van der Waals surface area contributed by atoms with E-state index in [0.29, 0.717) is 17.9 Å². The lowest BCUT2D eigenvalue weighted by Crippen LogP contribution is -2.16. The molecule has 0 atom stereocenters. The third-order valence-corrected chi connectivity index (χ3v) is 2.40. The number of aryl methyl sites for hydroxylation is 1. The molecule has 0 saturated carbocycles. The molecule has 0 aliphatic heterocycles. The number of benzene rings is 1.